The van der Waals surface area contributed by atoms with E-state index in [1.807, 2.05) is 5.38 Å². The highest BCUT2D eigenvalue weighted by atomic mass is 32.1. The first kappa shape index (κ1) is 33.9. The maximum atomic E-state index is 6.47. The molecule has 6 aliphatic heterocycles. The predicted molar refractivity (Wildman–Crippen MR) is 216 cm³/mol. The van der Waals surface area contributed by atoms with Crippen LogP contribution in [0.4, 0.5) is 0 Å². The second-order valence-corrected chi connectivity index (χ2v) is 19.0. The molecule has 0 aliphatic carbocycles. The third kappa shape index (κ3) is 5.08. The first-order valence-corrected chi connectivity index (χ1v) is 23.2. The van der Waals surface area contributed by atoms with Gasteiger partial charge in [0.05, 0.1) is 53.6 Å². The monoisotopic (exact) mass is 870 g/mol. The molecule has 0 N–H and O–H groups in total. The van der Waals surface area contributed by atoms with E-state index in [2.05, 4.69) is 6.92 Å². The first-order chi connectivity index (χ1) is 27.7. The molecular formula is C38H30O12S6. The van der Waals surface area contributed by atoms with Crippen LogP contribution in [0.25, 0.3) is 48.8 Å². The van der Waals surface area contributed by atoms with Crippen LogP contribution in [0.2, 0.25) is 0 Å². The molecule has 0 spiro atoms. The predicted octanol–water partition coefficient (Wildman–Crippen LogP) is 9.58. The SMILES string of the molecule is CCc1sc(-c2sc(-c3sc(-c4sc(-c5sc(-c6scc7c6OCCO7)c6c5OCCO6)c5c4OCCO5)c4c3OCCO4)c3c2OCCO3)c2c1OCCO2. The minimum absolute atomic E-state index is 0.420. The van der Waals surface area contributed by atoms with Crippen molar-refractivity contribution in [1.82, 2.24) is 0 Å². The van der Waals surface area contributed by atoms with Crippen LogP contribution in [-0.2, 0) is 6.42 Å². The summed E-state index contributed by atoms with van der Waals surface area (Å²) < 4.78 is 75.6. The van der Waals surface area contributed by atoms with E-state index in [4.69, 9.17) is 56.8 Å². The molecule has 18 heteroatoms. The van der Waals surface area contributed by atoms with Crippen molar-refractivity contribution in [3.8, 4) is 118 Å². The Hall–Kier alpha value is -4.20. The van der Waals surface area contributed by atoms with Gasteiger partial charge in [0.15, 0.2) is 69.0 Å². The van der Waals surface area contributed by atoms with Gasteiger partial charge in [-0.15, -0.1) is 68.0 Å². The molecule has 12 rings (SSSR count). The Labute approximate surface area is 343 Å². The Bertz CT molecular complexity index is 2530. The Morgan fingerprint density at radius 1 is 0.321 bits per heavy atom. The lowest BCUT2D eigenvalue weighted by Crippen LogP contribution is -2.16. The molecule has 6 aromatic heterocycles. The van der Waals surface area contributed by atoms with Gasteiger partial charge in [-0.25, -0.2) is 0 Å². The minimum atomic E-state index is 0.420. The lowest BCUT2D eigenvalue weighted by Gasteiger charge is -2.19. The average Bonchev–Trinajstić information content (AvgIpc) is 4.11. The number of hydrogen-bond donors (Lipinski definition) is 0. The Morgan fingerprint density at radius 3 is 0.946 bits per heavy atom. The van der Waals surface area contributed by atoms with Gasteiger partial charge in [0.25, 0.3) is 0 Å². The van der Waals surface area contributed by atoms with Crippen LogP contribution in [0, 0.1) is 0 Å². The summed E-state index contributed by atoms with van der Waals surface area (Å²) in [6.45, 7) is 7.66. The largest absolute Gasteiger partial charge is 0.485 e. The highest BCUT2D eigenvalue weighted by molar-refractivity contribution is 7.31. The standard InChI is InChI=1S/C38H30O12S6/c1-2-17-19-20(42-6-5-41-19)31(52-17)32-23-24(46-10-9-45-23)35(54-32)36-27-28(50-14-13-49-27)38(56-36)37-26-25(47-11-12-48-26)34(55-37)33-22-21(43-7-8-44-22)30(53-33)29-18-16(15-51-29)39-3-4-40-18/h15H,2-14H2,1H3. The number of thiophene rings is 6. The van der Waals surface area contributed by atoms with Crippen LogP contribution in [0.15, 0.2) is 5.38 Å². The number of hydrogen-bond acceptors (Lipinski definition) is 18. The summed E-state index contributed by atoms with van der Waals surface area (Å²) in [6.07, 6.45) is 0.841. The summed E-state index contributed by atoms with van der Waals surface area (Å²) in [6, 6.07) is 0. The molecule has 0 fully saturated rings. The van der Waals surface area contributed by atoms with E-state index in [1.54, 1.807) is 68.0 Å². The third-order valence-electron chi connectivity index (χ3n) is 9.72. The fourth-order valence-corrected chi connectivity index (χ4v) is 14.9. The van der Waals surface area contributed by atoms with Crippen LogP contribution in [0.5, 0.6) is 69.0 Å². The molecule has 0 unspecified atom stereocenters. The fourth-order valence-electron chi connectivity index (χ4n) is 7.41. The quantitative estimate of drug-likeness (QED) is 0.159. The lowest BCUT2D eigenvalue weighted by molar-refractivity contribution is 0.170. The maximum absolute atomic E-state index is 6.47. The van der Waals surface area contributed by atoms with Crippen molar-refractivity contribution >= 4 is 68.0 Å². The fraction of sp³-hybridized carbons (Fsp3) is 0.368. The normalized spacial score (nSPS) is 17.2. The maximum Gasteiger partial charge on any atom is 0.181 e. The highest BCUT2D eigenvalue weighted by Gasteiger charge is 2.40. The van der Waals surface area contributed by atoms with Crippen LogP contribution in [0.3, 0.4) is 0 Å². The van der Waals surface area contributed by atoms with Crippen LogP contribution >= 0.6 is 68.0 Å². The Kier molecular flexibility index (Phi) is 8.14. The zero-order chi connectivity index (χ0) is 36.9. The molecule has 290 valence electrons. The van der Waals surface area contributed by atoms with Crippen molar-refractivity contribution < 1.29 is 56.8 Å². The molecule has 0 radical (unpaired) electrons. The molecule has 56 heavy (non-hydrogen) atoms. The van der Waals surface area contributed by atoms with Crippen molar-refractivity contribution in [1.29, 1.82) is 0 Å². The average molecular weight is 871 g/mol. The molecular weight excluding hydrogens is 841 g/mol. The van der Waals surface area contributed by atoms with Crippen molar-refractivity contribution in [2.75, 3.05) is 79.3 Å². The Morgan fingerprint density at radius 2 is 0.589 bits per heavy atom. The van der Waals surface area contributed by atoms with Crippen molar-refractivity contribution in [2.24, 2.45) is 0 Å². The third-order valence-corrected chi connectivity index (χ3v) is 17.4. The Balaban J connectivity index is 1.02. The molecule has 0 amide bonds. The number of rotatable bonds is 6. The van der Waals surface area contributed by atoms with E-state index in [-0.39, 0.29) is 0 Å². The minimum Gasteiger partial charge on any atom is -0.485 e. The van der Waals surface area contributed by atoms with Gasteiger partial charge in [-0.2, -0.15) is 0 Å². The van der Waals surface area contributed by atoms with E-state index in [1.165, 1.54) is 0 Å². The number of fused-ring (bicyclic) bond motifs is 6. The van der Waals surface area contributed by atoms with E-state index >= 15 is 0 Å². The second kappa shape index (κ2) is 13.4. The molecule has 12 nitrogen and oxygen atoms in total. The van der Waals surface area contributed by atoms with Gasteiger partial charge in [-0.05, 0) is 6.42 Å². The summed E-state index contributed by atoms with van der Waals surface area (Å²) in [4.78, 5) is 10.4. The lowest BCUT2D eigenvalue weighted by atomic mass is 10.2. The van der Waals surface area contributed by atoms with Gasteiger partial charge in [0.1, 0.15) is 79.3 Å². The molecule has 0 saturated carbocycles. The van der Waals surface area contributed by atoms with Crippen LogP contribution in [0.1, 0.15) is 11.8 Å². The molecule has 6 aliphatic rings. The molecule has 12 heterocycles. The van der Waals surface area contributed by atoms with Gasteiger partial charge >= 0.3 is 0 Å². The molecule has 6 aromatic rings. The van der Waals surface area contributed by atoms with Gasteiger partial charge in [-0.1, -0.05) is 6.92 Å². The number of ether oxygens (including phenoxy) is 12. The first-order valence-electron chi connectivity index (χ1n) is 18.2. The number of aryl methyl sites for hydroxylation is 1. The van der Waals surface area contributed by atoms with Crippen LogP contribution < -0.4 is 56.8 Å². The van der Waals surface area contributed by atoms with Crippen LogP contribution in [-0.4, -0.2) is 79.3 Å². The zero-order valence-electron chi connectivity index (χ0n) is 29.6. The summed E-state index contributed by atoms with van der Waals surface area (Å²) in [5.41, 5.74) is 0. The zero-order valence-corrected chi connectivity index (χ0v) is 34.5. The van der Waals surface area contributed by atoms with Crippen molar-refractivity contribution in [2.45, 2.75) is 13.3 Å². The summed E-state index contributed by atoms with van der Waals surface area (Å²) >= 11 is 9.67. The van der Waals surface area contributed by atoms with E-state index in [9.17, 15) is 0 Å². The second-order valence-electron chi connectivity index (χ2n) is 13.0. The molecule has 0 saturated heterocycles. The van der Waals surface area contributed by atoms with E-state index < -0.39 is 0 Å². The van der Waals surface area contributed by atoms with Gasteiger partial charge in [0, 0.05) is 5.38 Å². The molecule has 0 bridgehead atoms. The smallest absolute Gasteiger partial charge is 0.181 e. The molecule has 0 aromatic carbocycles. The van der Waals surface area contributed by atoms with Gasteiger partial charge in [0.2, 0.25) is 0 Å². The van der Waals surface area contributed by atoms with E-state index in [0.717, 1.165) is 88.8 Å². The summed E-state index contributed by atoms with van der Waals surface area (Å²) in [5, 5.41) is 1.99. The van der Waals surface area contributed by atoms with Crippen molar-refractivity contribution in [3.63, 3.8) is 0 Å². The van der Waals surface area contributed by atoms with E-state index in [0.29, 0.717) is 120 Å². The molecule has 0 atom stereocenters. The topological polar surface area (TPSA) is 111 Å². The summed E-state index contributed by atoms with van der Waals surface area (Å²) in [7, 11) is 0. The summed E-state index contributed by atoms with van der Waals surface area (Å²) in [5.74, 6) is 8.64. The van der Waals surface area contributed by atoms with Crippen molar-refractivity contribution in [3.05, 3.63) is 10.3 Å². The highest BCUT2D eigenvalue weighted by Crippen LogP contribution is 2.68. The van der Waals surface area contributed by atoms with Gasteiger partial charge < -0.3 is 56.8 Å². The van der Waals surface area contributed by atoms with Gasteiger partial charge in [-0.3, -0.25) is 0 Å².